The van der Waals surface area contributed by atoms with Crippen LogP contribution in [0.3, 0.4) is 0 Å². The fraction of sp³-hybridized carbons (Fsp3) is 0.100. The quantitative estimate of drug-likeness (QED) is 0.851. The molecule has 0 aliphatic heterocycles. The molecule has 1 aromatic heterocycles. The Morgan fingerprint density at radius 2 is 2.36 bits per heavy atom. The van der Waals surface area contributed by atoms with Gasteiger partial charge >= 0.3 is 0 Å². The van der Waals surface area contributed by atoms with Gasteiger partial charge in [-0.05, 0) is 29.2 Å². The molecule has 0 saturated heterocycles. The molecule has 2 aromatic rings. The molecule has 0 radical (unpaired) electrons. The number of benzene rings is 1. The molecule has 0 amide bonds. The molecule has 14 heavy (non-hydrogen) atoms. The predicted octanol–water partition coefficient (Wildman–Crippen LogP) is 3.48. The van der Waals surface area contributed by atoms with Gasteiger partial charge in [0.05, 0.1) is 11.6 Å². The SMILES string of the molecule is Brc1cccc(COc2cnsc2)c1. The molecule has 0 fully saturated rings. The van der Waals surface area contributed by atoms with Gasteiger partial charge < -0.3 is 4.74 Å². The Morgan fingerprint density at radius 1 is 1.43 bits per heavy atom. The highest BCUT2D eigenvalue weighted by Crippen LogP contribution is 2.16. The lowest BCUT2D eigenvalue weighted by atomic mass is 10.2. The van der Waals surface area contributed by atoms with Crippen molar-refractivity contribution in [3.63, 3.8) is 0 Å². The molecule has 0 saturated carbocycles. The van der Waals surface area contributed by atoms with E-state index in [0.29, 0.717) is 6.61 Å². The summed E-state index contributed by atoms with van der Waals surface area (Å²) >= 11 is 4.81. The molecule has 0 unspecified atom stereocenters. The molecule has 4 heteroatoms. The van der Waals surface area contributed by atoms with Crippen molar-refractivity contribution in [3.8, 4) is 5.75 Å². The molecule has 2 nitrogen and oxygen atoms in total. The number of nitrogens with zero attached hydrogens (tertiary/aromatic N) is 1. The van der Waals surface area contributed by atoms with Crippen LogP contribution in [-0.2, 0) is 6.61 Å². The van der Waals surface area contributed by atoms with Gasteiger partial charge in [0.1, 0.15) is 6.61 Å². The largest absolute Gasteiger partial charge is 0.486 e. The highest BCUT2D eigenvalue weighted by molar-refractivity contribution is 9.10. The number of hydrogen-bond acceptors (Lipinski definition) is 3. The van der Waals surface area contributed by atoms with Crippen LogP contribution in [0.1, 0.15) is 5.56 Å². The van der Waals surface area contributed by atoms with Crippen LogP contribution >= 0.6 is 27.5 Å². The standard InChI is InChI=1S/C10H8BrNOS/c11-9-3-1-2-8(4-9)6-13-10-5-12-14-7-10/h1-5,7H,6H2. The molecule has 72 valence electrons. The number of aromatic nitrogens is 1. The minimum atomic E-state index is 0.581. The average Bonchev–Trinajstić information content (AvgIpc) is 2.67. The van der Waals surface area contributed by atoms with Crippen LogP contribution in [-0.4, -0.2) is 4.37 Å². The first-order valence-electron chi connectivity index (χ1n) is 4.11. The lowest BCUT2D eigenvalue weighted by molar-refractivity contribution is 0.307. The van der Waals surface area contributed by atoms with Crippen LogP contribution in [0.5, 0.6) is 5.75 Å². The van der Waals surface area contributed by atoms with Crippen molar-refractivity contribution in [1.29, 1.82) is 0 Å². The molecule has 0 aliphatic rings. The zero-order valence-electron chi connectivity index (χ0n) is 7.31. The van der Waals surface area contributed by atoms with Crippen LogP contribution in [0, 0.1) is 0 Å². The molecular formula is C10H8BrNOS. The minimum absolute atomic E-state index is 0.581. The summed E-state index contributed by atoms with van der Waals surface area (Å²) in [6.45, 7) is 0.581. The van der Waals surface area contributed by atoms with E-state index in [2.05, 4.69) is 20.3 Å². The lowest BCUT2D eigenvalue weighted by Gasteiger charge is -2.03. The van der Waals surface area contributed by atoms with E-state index in [1.807, 2.05) is 29.6 Å². The molecule has 0 N–H and O–H groups in total. The third-order valence-electron chi connectivity index (χ3n) is 1.70. The van der Waals surface area contributed by atoms with Gasteiger partial charge in [-0.15, -0.1) is 0 Å². The highest BCUT2D eigenvalue weighted by Gasteiger charge is 1.97. The highest BCUT2D eigenvalue weighted by atomic mass is 79.9. The summed E-state index contributed by atoms with van der Waals surface area (Å²) in [4.78, 5) is 0. The van der Waals surface area contributed by atoms with Crippen LogP contribution in [0.4, 0.5) is 0 Å². The van der Waals surface area contributed by atoms with Gasteiger partial charge in [-0.1, -0.05) is 28.1 Å². The molecular weight excluding hydrogens is 262 g/mol. The Hall–Kier alpha value is -0.870. The number of ether oxygens (including phenoxy) is 1. The van der Waals surface area contributed by atoms with E-state index in [1.54, 1.807) is 6.20 Å². The molecule has 0 spiro atoms. The van der Waals surface area contributed by atoms with E-state index in [0.717, 1.165) is 15.8 Å². The Bertz CT molecular complexity index is 402. The lowest BCUT2D eigenvalue weighted by Crippen LogP contribution is -1.93. The van der Waals surface area contributed by atoms with Gasteiger partial charge in [-0.3, -0.25) is 0 Å². The first kappa shape index (κ1) is 9.68. The molecule has 0 bridgehead atoms. The van der Waals surface area contributed by atoms with E-state index >= 15 is 0 Å². The monoisotopic (exact) mass is 269 g/mol. The zero-order chi connectivity index (χ0) is 9.80. The van der Waals surface area contributed by atoms with Gasteiger partial charge in [-0.2, -0.15) is 4.37 Å². The summed E-state index contributed by atoms with van der Waals surface area (Å²) in [5.41, 5.74) is 1.14. The summed E-state index contributed by atoms with van der Waals surface area (Å²) in [5, 5.41) is 1.89. The summed E-state index contributed by atoms with van der Waals surface area (Å²) in [6, 6.07) is 8.06. The Morgan fingerprint density at radius 3 is 3.07 bits per heavy atom. The number of hydrogen-bond donors (Lipinski definition) is 0. The minimum Gasteiger partial charge on any atom is -0.486 e. The van der Waals surface area contributed by atoms with E-state index in [1.165, 1.54) is 11.5 Å². The third-order valence-corrected chi connectivity index (χ3v) is 2.76. The van der Waals surface area contributed by atoms with Gasteiger partial charge in [-0.25, -0.2) is 0 Å². The van der Waals surface area contributed by atoms with E-state index in [-0.39, 0.29) is 0 Å². The molecule has 1 aromatic carbocycles. The maximum Gasteiger partial charge on any atom is 0.150 e. The van der Waals surface area contributed by atoms with Crippen molar-refractivity contribution in [2.24, 2.45) is 0 Å². The summed E-state index contributed by atoms with van der Waals surface area (Å²) < 4.78 is 10.5. The van der Waals surface area contributed by atoms with E-state index in [9.17, 15) is 0 Å². The van der Waals surface area contributed by atoms with Crippen LogP contribution < -0.4 is 4.74 Å². The predicted molar refractivity (Wildman–Crippen MR) is 60.6 cm³/mol. The zero-order valence-corrected chi connectivity index (χ0v) is 9.72. The second kappa shape index (κ2) is 4.57. The van der Waals surface area contributed by atoms with Crippen LogP contribution in [0.2, 0.25) is 0 Å². The summed E-state index contributed by atoms with van der Waals surface area (Å²) in [6.07, 6.45) is 1.72. The van der Waals surface area contributed by atoms with Crippen LogP contribution in [0.25, 0.3) is 0 Å². The van der Waals surface area contributed by atoms with Crippen molar-refractivity contribution in [1.82, 2.24) is 4.37 Å². The Kier molecular flexibility index (Phi) is 3.16. The van der Waals surface area contributed by atoms with Crippen molar-refractivity contribution < 1.29 is 4.74 Å². The van der Waals surface area contributed by atoms with Gasteiger partial charge in [0.2, 0.25) is 0 Å². The van der Waals surface area contributed by atoms with Crippen molar-refractivity contribution in [3.05, 3.63) is 45.9 Å². The van der Waals surface area contributed by atoms with Crippen LogP contribution in [0.15, 0.2) is 40.3 Å². The van der Waals surface area contributed by atoms with Gasteiger partial charge in [0.25, 0.3) is 0 Å². The van der Waals surface area contributed by atoms with Crippen molar-refractivity contribution in [2.75, 3.05) is 0 Å². The fourth-order valence-corrected chi connectivity index (χ4v) is 1.96. The summed E-state index contributed by atoms with van der Waals surface area (Å²) in [7, 11) is 0. The second-order valence-electron chi connectivity index (χ2n) is 2.78. The smallest absolute Gasteiger partial charge is 0.150 e. The number of rotatable bonds is 3. The topological polar surface area (TPSA) is 22.1 Å². The maximum absolute atomic E-state index is 5.51. The van der Waals surface area contributed by atoms with E-state index < -0.39 is 0 Å². The third kappa shape index (κ3) is 2.56. The molecule has 2 rings (SSSR count). The average molecular weight is 270 g/mol. The van der Waals surface area contributed by atoms with Crippen molar-refractivity contribution in [2.45, 2.75) is 6.61 Å². The van der Waals surface area contributed by atoms with Crippen molar-refractivity contribution >= 4 is 27.5 Å². The maximum atomic E-state index is 5.51. The first-order valence-corrected chi connectivity index (χ1v) is 5.74. The second-order valence-corrected chi connectivity index (χ2v) is 4.35. The van der Waals surface area contributed by atoms with Gasteiger partial charge in [0, 0.05) is 4.47 Å². The molecule has 0 atom stereocenters. The van der Waals surface area contributed by atoms with Gasteiger partial charge in [0.15, 0.2) is 5.75 Å². The fourth-order valence-electron chi connectivity index (χ4n) is 1.06. The molecule has 0 aliphatic carbocycles. The Balaban J connectivity index is 1.98. The first-order chi connectivity index (χ1) is 6.84. The summed E-state index contributed by atoms with van der Waals surface area (Å²) in [5.74, 6) is 0.829. The molecule has 1 heterocycles. The van der Waals surface area contributed by atoms with E-state index in [4.69, 9.17) is 4.74 Å². The number of halogens is 1. The Labute approximate surface area is 94.8 Å². The normalized spacial score (nSPS) is 10.1.